The van der Waals surface area contributed by atoms with E-state index in [1.165, 1.54) is 0 Å². The maximum Gasteiger partial charge on any atom is 0.306 e. The van der Waals surface area contributed by atoms with Crippen LogP contribution >= 0.6 is 0 Å². The SMILES string of the molecule is CC(C(=O)O)C1CCC(C)(O)CC1. The summed E-state index contributed by atoms with van der Waals surface area (Å²) < 4.78 is 0. The van der Waals surface area contributed by atoms with Crippen molar-refractivity contribution in [1.82, 2.24) is 0 Å². The van der Waals surface area contributed by atoms with Crippen LogP contribution in [-0.2, 0) is 4.79 Å². The minimum Gasteiger partial charge on any atom is -0.481 e. The summed E-state index contributed by atoms with van der Waals surface area (Å²) in [5.74, 6) is -0.736. The van der Waals surface area contributed by atoms with Crippen molar-refractivity contribution in [3.05, 3.63) is 0 Å². The number of hydrogen-bond acceptors (Lipinski definition) is 2. The average molecular weight is 186 g/mol. The predicted octanol–water partition coefficient (Wildman–Crippen LogP) is 1.65. The fourth-order valence-corrected chi connectivity index (χ4v) is 1.96. The molecule has 1 atom stereocenters. The molecule has 0 aromatic rings. The molecule has 0 heterocycles. The van der Waals surface area contributed by atoms with E-state index in [1.54, 1.807) is 6.92 Å². The zero-order valence-corrected chi connectivity index (χ0v) is 8.29. The molecule has 13 heavy (non-hydrogen) atoms. The standard InChI is InChI=1S/C10H18O3/c1-7(9(11)12)8-3-5-10(2,13)6-4-8/h7-8,13H,3-6H2,1-2H3,(H,11,12). The lowest BCUT2D eigenvalue weighted by molar-refractivity contribution is -0.144. The molecule has 0 aromatic carbocycles. The van der Waals surface area contributed by atoms with Crippen LogP contribution in [0.2, 0.25) is 0 Å². The quantitative estimate of drug-likeness (QED) is 0.689. The summed E-state index contributed by atoms with van der Waals surface area (Å²) in [4.78, 5) is 10.7. The van der Waals surface area contributed by atoms with Crippen LogP contribution in [0.5, 0.6) is 0 Å². The van der Waals surface area contributed by atoms with Crippen molar-refractivity contribution in [1.29, 1.82) is 0 Å². The fourth-order valence-electron chi connectivity index (χ4n) is 1.96. The lowest BCUT2D eigenvalue weighted by atomic mass is 9.75. The number of rotatable bonds is 2. The van der Waals surface area contributed by atoms with Gasteiger partial charge in [0.2, 0.25) is 0 Å². The van der Waals surface area contributed by atoms with Gasteiger partial charge in [-0.1, -0.05) is 6.92 Å². The number of aliphatic carboxylic acids is 1. The second kappa shape index (κ2) is 3.66. The highest BCUT2D eigenvalue weighted by molar-refractivity contribution is 5.69. The Morgan fingerprint density at radius 2 is 1.92 bits per heavy atom. The smallest absolute Gasteiger partial charge is 0.306 e. The second-order valence-corrected chi connectivity index (χ2v) is 4.46. The molecule has 0 radical (unpaired) electrons. The summed E-state index contributed by atoms with van der Waals surface area (Å²) >= 11 is 0. The first kappa shape index (κ1) is 10.5. The Balaban J connectivity index is 2.45. The molecule has 1 saturated carbocycles. The first-order chi connectivity index (χ1) is 5.92. The summed E-state index contributed by atoms with van der Waals surface area (Å²) in [7, 11) is 0. The van der Waals surface area contributed by atoms with Gasteiger partial charge in [0, 0.05) is 0 Å². The third kappa shape index (κ3) is 2.69. The molecule has 3 nitrogen and oxygen atoms in total. The molecule has 0 saturated heterocycles. The zero-order valence-electron chi connectivity index (χ0n) is 8.29. The van der Waals surface area contributed by atoms with E-state index in [9.17, 15) is 9.90 Å². The molecule has 1 aliphatic carbocycles. The van der Waals surface area contributed by atoms with Crippen molar-refractivity contribution >= 4 is 5.97 Å². The molecular formula is C10H18O3. The van der Waals surface area contributed by atoms with Gasteiger partial charge >= 0.3 is 5.97 Å². The Morgan fingerprint density at radius 1 is 1.46 bits per heavy atom. The number of carboxylic acid groups (broad SMARTS) is 1. The van der Waals surface area contributed by atoms with E-state index in [-0.39, 0.29) is 11.8 Å². The fraction of sp³-hybridized carbons (Fsp3) is 0.900. The molecule has 1 rings (SSSR count). The van der Waals surface area contributed by atoms with Crippen LogP contribution in [0.1, 0.15) is 39.5 Å². The van der Waals surface area contributed by atoms with Crippen molar-refractivity contribution < 1.29 is 15.0 Å². The third-order valence-electron chi connectivity index (χ3n) is 3.20. The molecule has 1 aliphatic rings. The summed E-state index contributed by atoms with van der Waals surface area (Å²) in [6, 6.07) is 0. The summed E-state index contributed by atoms with van der Waals surface area (Å²) in [5, 5.41) is 18.5. The average Bonchev–Trinajstić information content (AvgIpc) is 2.03. The van der Waals surface area contributed by atoms with Gasteiger partial charge in [0.05, 0.1) is 11.5 Å². The minimum atomic E-state index is -0.716. The van der Waals surface area contributed by atoms with E-state index >= 15 is 0 Å². The zero-order chi connectivity index (χ0) is 10.1. The molecule has 0 aromatic heterocycles. The van der Waals surface area contributed by atoms with Gasteiger partial charge in [0.25, 0.3) is 0 Å². The van der Waals surface area contributed by atoms with Crippen molar-refractivity contribution in [3.63, 3.8) is 0 Å². The van der Waals surface area contributed by atoms with Gasteiger partial charge in [0.15, 0.2) is 0 Å². The topological polar surface area (TPSA) is 57.5 Å². The van der Waals surface area contributed by atoms with Gasteiger partial charge < -0.3 is 10.2 Å². The van der Waals surface area contributed by atoms with Gasteiger partial charge in [-0.05, 0) is 38.5 Å². The van der Waals surface area contributed by atoms with Crippen molar-refractivity contribution in [3.8, 4) is 0 Å². The second-order valence-electron chi connectivity index (χ2n) is 4.46. The molecule has 0 bridgehead atoms. The summed E-state index contributed by atoms with van der Waals surface area (Å²) in [5.41, 5.74) is -0.561. The van der Waals surface area contributed by atoms with Gasteiger partial charge in [-0.2, -0.15) is 0 Å². The van der Waals surface area contributed by atoms with Crippen molar-refractivity contribution in [2.75, 3.05) is 0 Å². The molecule has 0 amide bonds. The minimum absolute atomic E-state index is 0.248. The number of carboxylic acids is 1. The molecule has 1 fully saturated rings. The lowest BCUT2D eigenvalue weighted by Crippen LogP contribution is -2.34. The molecule has 0 spiro atoms. The van der Waals surface area contributed by atoms with Gasteiger partial charge in [-0.25, -0.2) is 0 Å². The van der Waals surface area contributed by atoms with Crippen LogP contribution in [-0.4, -0.2) is 21.8 Å². The normalized spacial score (nSPS) is 37.0. The van der Waals surface area contributed by atoms with Crippen LogP contribution in [0.3, 0.4) is 0 Å². The van der Waals surface area contributed by atoms with E-state index < -0.39 is 11.6 Å². The van der Waals surface area contributed by atoms with E-state index in [0.29, 0.717) is 0 Å². The molecular weight excluding hydrogens is 168 g/mol. The van der Waals surface area contributed by atoms with Crippen molar-refractivity contribution in [2.45, 2.75) is 45.1 Å². The number of aliphatic hydroxyl groups is 1. The maximum absolute atomic E-state index is 10.7. The highest BCUT2D eigenvalue weighted by Crippen LogP contribution is 2.35. The van der Waals surface area contributed by atoms with Gasteiger partial charge in [-0.3, -0.25) is 4.79 Å². The van der Waals surface area contributed by atoms with Crippen LogP contribution in [0.15, 0.2) is 0 Å². The Bertz CT molecular complexity index is 188. The molecule has 1 unspecified atom stereocenters. The van der Waals surface area contributed by atoms with Gasteiger partial charge in [-0.15, -0.1) is 0 Å². The van der Waals surface area contributed by atoms with Crippen LogP contribution in [0.4, 0.5) is 0 Å². The Labute approximate surface area is 78.8 Å². The van der Waals surface area contributed by atoms with E-state index in [0.717, 1.165) is 25.7 Å². The van der Waals surface area contributed by atoms with Crippen LogP contribution in [0.25, 0.3) is 0 Å². The maximum atomic E-state index is 10.7. The monoisotopic (exact) mass is 186 g/mol. The van der Waals surface area contributed by atoms with E-state index in [4.69, 9.17) is 5.11 Å². The molecule has 3 heteroatoms. The van der Waals surface area contributed by atoms with Gasteiger partial charge in [0.1, 0.15) is 0 Å². The first-order valence-electron chi connectivity index (χ1n) is 4.87. The predicted molar refractivity (Wildman–Crippen MR) is 49.4 cm³/mol. The van der Waals surface area contributed by atoms with E-state index in [1.807, 2.05) is 6.92 Å². The van der Waals surface area contributed by atoms with Crippen LogP contribution < -0.4 is 0 Å². The number of hydrogen-bond donors (Lipinski definition) is 2. The largest absolute Gasteiger partial charge is 0.481 e. The van der Waals surface area contributed by atoms with Crippen LogP contribution in [0, 0.1) is 11.8 Å². The first-order valence-corrected chi connectivity index (χ1v) is 4.87. The summed E-state index contributed by atoms with van der Waals surface area (Å²) in [6.07, 6.45) is 3.13. The number of carbonyl (C=O) groups is 1. The lowest BCUT2D eigenvalue weighted by Gasteiger charge is -2.34. The third-order valence-corrected chi connectivity index (χ3v) is 3.20. The van der Waals surface area contributed by atoms with Crippen molar-refractivity contribution in [2.24, 2.45) is 11.8 Å². The highest BCUT2D eigenvalue weighted by Gasteiger charge is 2.33. The highest BCUT2D eigenvalue weighted by atomic mass is 16.4. The Kier molecular flexibility index (Phi) is 2.96. The Hall–Kier alpha value is -0.570. The molecule has 2 N–H and O–H groups in total. The summed E-state index contributed by atoms with van der Waals surface area (Å²) in [6.45, 7) is 3.59. The Morgan fingerprint density at radius 3 is 2.31 bits per heavy atom. The van der Waals surface area contributed by atoms with E-state index in [2.05, 4.69) is 0 Å². The molecule has 0 aliphatic heterocycles. The molecule has 76 valence electrons.